The third-order valence-electron chi connectivity index (χ3n) is 10.2. The van der Waals surface area contributed by atoms with Gasteiger partial charge in [-0.15, -0.1) is 0 Å². The average Bonchev–Trinajstić information content (AvgIpc) is 3.21. The monoisotopic (exact) mass is 846 g/mol. The summed E-state index contributed by atoms with van der Waals surface area (Å²) in [7, 11) is 0. The Bertz CT molecular complexity index is 956. The van der Waals surface area contributed by atoms with Crippen LogP contribution in [0, 0.1) is 11.8 Å². The summed E-state index contributed by atoms with van der Waals surface area (Å²) in [6, 6.07) is 0. The molecule has 13 heteroatoms. The van der Waals surface area contributed by atoms with Crippen LogP contribution in [0.3, 0.4) is 0 Å². The molecule has 0 radical (unpaired) electrons. The lowest BCUT2D eigenvalue weighted by Crippen LogP contribution is -2.47. The zero-order chi connectivity index (χ0) is 41.8. The number of hydrogen-bond donors (Lipinski definition) is 0. The van der Waals surface area contributed by atoms with E-state index in [-0.39, 0.29) is 75.0 Å². The fourth-order valence-corrected chi connectivity index (χ4v) is 8.68. The summed E-state index contributed by atoms with van der Waals surface area (Å²) in [5.74, 6) is 1.97. The summed E-state index contributed by atoms with van der Waals surface area (Å²) >= 11 is 3.59. The number of nitrogens with zero attached hydrogens (tertiary/aromatic N) is 3. The predicted octanol–water partition coefficient (Wildman–Crippen LogP) is 8.12. The van der Waals surface area contributed by atoms with Crippen molar-refractivity contribution in [3.63, 3.8) is 0 Å². The first-order valence-corrected chi connectivity index (χ1v) is 25.0. The van der Waals surface area contributed by atoms with E-state index in [2.05, 4.69) is 35.5 Å². The largest absolute Gasteiger partial charge is 0.462 e. The van der Waals surface area contributed by atoms with Crippen LogP contribution in [-0.2, 0) is 38.1 Å². The quantitative estimate of drug-likeness (QED) is 0.0339. The predicted molar refractivity (Wildman–Crippen MR) is 237 cm³/mol. The number of carbonyl (C=O) groups is 4. The van der Waals surface area contributed by atoms with Gasteiger partial charge < -0.3 is 33.6 Å². The molecule has 334 valence electrons. The van der Waals surface area contributed by atoms with Gasteiger partial charge in [0.25, 0.3) is 0 Å². The minimum atomic E-state index is -0.356. The molecule has 11 nitrogen and oxygen atoms in total. The first kappa shape index (κ1) is 53.5. The van der Waals surface area contributed by atoms with E-state index in [1.165, 1.54) is 83.5 Å². The van der Waals surface area contributed by atoms with Crippen molar-refractivity contribution >= 4 is 47.4 Å². The van der Waals surface area contributed by atoms with Crippen LogP contribution in [-0.4, -0.2) is 147 Å². The Balaban J connectivity index is 2.36. The topological polar surface area (TPSA) is 115 Å². The second-order valence-corrected chi connectivity index (χ2v) is 17.9. The lowest BCUT2D eigenvalue weighted by molar-refractivity contribution is -0.154. The van der Waals surface area contributed by atoms with Gasteiger partial charge in [-0.2, -0.15) is 23.5 Å². The molecule has 1 rings (SSSR count). The Labute approximate surface area is 356 Å². The highest BCUT2D eigenvalue weighted by Gasteiger charge is 2.19. The van der Waals surface area contributed by atoms with E-state index in [4.69, 9.17) is 18.9 Å². The number of esters is 4. The molecule has 57 heavy (non-hydrogen) atoms. The average molecular weight is 846 g/mol. The molecule has 0 amide bonds. The molecule has 0 saturated carbocycles. The van der Waals surface area contributed by atoms with E-state index < -0.39 is 0 Å². The normalized spacial score (nSPS) is 14.7. The van der Waals surface area contributed by atoms with E-state index in [1.54, 1.807) is 23.5 Å². The molecule has 1 fully saturated rings. The van der Waals surface area contributed by atoms with Gasteiger partial charge >= 0.3 is 23.9 Å². The molecular formula is C44H83N3O8S2. The van der Waals surface area contributed by atoms with E-state index in [0.717, 1.165) is 75.2 Å². The van der Waals surface area contributed by atoms with Crippen molar-refractivity contribution in [2.24, 2.45) is 11.8 Å². The summed E-state index contributed by atoms with van der Waals surface area (Å²) in [4.78, 5) is 57.2. The van der Waals surface area contributed by atoms with E-state index in [0.29, 0.717) is 13.1 Å². The van der Waals surface area contributed by atoms with Crippen LogP contribution in [0.5, 0.6) is 0 Å². The molecule has 1 heterocycles. The van der Waals surface area contributed by atoms with Crippen molar-refractivity contribution in [1.82, 2.24) is 14.7 Å². The summed E-state index contributed by atoms with van der Waals surface area (Å²) in [5.41, 5.74) is 0. The fraction of sp³-hybridized carbons (Fsp3) is 0.909. The highest BCUT2D eigenvalue weighted by atomic mass is 32.2. The lowest BCUT2D eigenvalue weighted by Gasteiger charge is -2.35. The molecule has 0 N–H and O–H groups in total. The minimum Gasteiger partial charge on any atom is -0.462 e. The summed E-state index contributed by atoms with van der Waals surface area (Å²) in [6.07, 6.45) is 17.6. The van der Waals surface area contributed by atoms with Gasteiger partial charge in [0.2, 0.25) is 0 Å². The number of piperazine rings is 1. The van der Waals surface area contributed by atoms with Crippen molar-refractivity contribution in [2.75, 3.05) is 108 Å². The summed E-state index contributed by atoms with van der Waals surface area (Å²) in [5, 5.41) is 0. The smallest absolute Gasteiger partial charge is 0.309 e. The molecule has 2 atom stereocenters. The molecule has 0 spiro atoms. The zero-order valence-electron chi connectivity index (χ0n) is 36.9. The zero-order valence-corrected chi connectivity index (χ0v) is 38.5. The third-order valence-corrected chi connectivity index (χ3v) is 12.9. The molecule has 2 unspecified atom stereocenters. The number of unbranched alkanes of at least 4 members (excludes halogenated alkanes) is 10. The van der Waals surface area contributed by atoms with Gasteiger partial charge in [0, 0.05) is 50.8 Å². The molecular weight excluding hydrogens is 763 g/mol. The number of ether oxygens (including phenoxy) is 4. The van der Waals surface area contributed by atoms with E-state index in [1.807, 2.05) is 13.8 Å². The second kappa shape index (κ2) is 37.5. The van der Waals surface area contributed by atoms with Gasteiger partial charge in [-0.05, 0) is 56.8 Å². The summed E-state index contributed by atoms with van der Waals surface area (Å²) in [6.45, 7) is 18.6. The Morgan fingerprint density at radius 1 is 0.509 bits per heavy atom. The number of thioether (sulfide) groups is 2. The Morgan fingerprint density at radius 3 is 1.35 bits per heavy atom. The van der Waals surface area contributed by atoms with Crippen LogP contribution < -0.4 is 0 Å². The van der Waals surface area contributed by atoms with Gasteiger partial charge in [-0.25, -0.2) is 0 Å². The van der Waals surface area contributed by atoms with Crippen LogP contribution in [0.2, 0.25) is 0 Å². The minimum absolute atomic E-state index is 0.0277. The molecule has 0 aromatic heterocycles. The van der Waals surface area contributed by atoms with E-state index >= 15 is 0 Å². The standard InChI is InChI=1S/C44H83N3O8S2/c1-6-9-11-13-15-17-35-56-37-39(4)43(50)54-33-31-52-41(48)20-25-46(23-19-24-47-29-27-45(22-8-3)28-30-47)26-21-42(49)53-32-34-55-44(51)40(5)38-57-36-18-16-14-12-10-7-2/h39-40H,6-38H2,1-5H3. The van der Waals surface area contributed by atoms with Crippen molar-refractivity contribution < 1.29 is 38.1 Å². The van der Waals surface area contributed by atoms with Crippen LogP contribution >= 0.6 is 23.5 Å². The first-order chi connectivity index (χ1) is 27.7. The Hall–Kier alpha value is -1.54. The maximum atomic E-state index is 12.6. The van der Waals surface area contributed by atoms with Gasteiger partial charge in [-0.3, -0.25) is 19.2 Å². The summed E-state index contributed by atoms with van der Waals surface area (Å²) < 4.78 is 21.5. The Kier molecular flexibility index (Phi) is 35.1. The van der Waals surface area contributed by atoms with Crippen LogP contribution in [0.1, 0.15) is 137 Å². The Morgan fingerprint density at radius 2 is 0.912 bits per heavy atom. The molecule has 0 aromatic carbocycles. The molecule has 0 bridgehead atoms. The van der Waals surface area contributed by atoms with Crippen LogP contribution in [0.15, 0.2) is 0 Å². The number of hydrogen-bond acceptors (Lipinski definition) is 13. The fourth-order valence-electron chi connectivity index (χ4n) is 6.55. The molecule has 0 aliphatic carbocycles. The number of rotatable bonds is 38. The highest BCUT2D eigenvalue weighted by molar-refractivity contribution is 7.99. The maximum Gasteiger partial charge on any atom is 0.309 e. The van der Waals surface area contributed by atoms with Crippen LogP contribution in [0.25, 0.3) is 0 Å². The van der Waals surface area contributed by atoms with Crippen LogP contribution in [0.4, 0.5) is 0 Å². The van der Waals surface area contributed by atoms with Crippen molar-refractivity contribution in [1.29, 1.82) is 0 Å². The van der Waals surface area contributed by atoms with E-state index in [9.17, 15) is 19.2 Å². The van der Waals surface area contributed by atoms with Gasteiger partial charge in [-0.1, -0.05) is 98.8 Å². The van der Waals surface area contributed by atoms with Crippen molar-refractivity contribution in [2.45, 2.75) is 137 Å². The molecule has 0 aromatic rings. The molecule has 1 aliphatic rings. The molecule has 1 saturated heterocycles. The second-order valence-electron chi connectivity index (χ2n) is 15.6. The lowest BCUT2D eigenvalue weighted by atomic mass is 10.1. The number of carbonyl (C=O) groups excluding carboxylic acids is 4. The van der Waals surface area contributed by atoms with Gasteiger partial charge in [0.05, 0.1) is 24.7 Å². The third kappa shape index (κ3) is 31.1. The highest BCUT2D eigenvalue weighted by Crippen LogP contribution is 2.16. The van der Waals surface area contributed by atoms with Gasteiger partial charge in [0.1, 0.15) is 26.4 Å². The SMILES string of the molecule is CCCCCCCCSCC(C)C(=O)OCCOC(=O)CCN(CCCN1CCN(CCC)CC1)CCC(=O)OCCOC(=O)C(C)CSCCCCCCCC. The maximum absolute atomic E-state index is 12.6. The van der Waals surface area contributed by atoms with Crippen molar-refractivity contribution in [3.05, 3.63) is 0 Å². The van der Waals surface area contributed by atoms with Crippen molar-refractivity contribution in [3.8, 4) is 0 Å². The first-order valence-electron chi connectivity index (χ1n) is 22.7. The molecule has 1 aliphatic heterocycles. The van der Waals surface area contributed by atoms with Gasteiger partial charge in [0.15, 0.2) is 0 Å².